The summed E-state index contributed by atoms with van der Waals surface area (Å²) in [6.45, 7) is 7.20. The molecule has 0 bridgehead atoms. The van der Waals surface area contributed by atoms with Crippen LogP contribution in [-0.2, 0) is 12.8 Å². The molecule has 0 aromatic heterocycles. The maximum absolute atomic E-state index is 3.59. The maximum Gasteiger partial charge on any atom is -0.00125 e. The van der Waals surface area contributed by atoms with Crippen LogP contribution < -0.4 is 5.32 Å². The van der Waals surface area contributed by atoms with Crippen LogP contribution >= 0.6 is 0 Å². The zero-order chi connectivity index (χ0) is 11.9. The van der Waals surface area contributed by atoms with Gasteiger partial charge in [0.2, 0.25) is 0 Å². The minimum Gasteiger partial charge on any atom is -0.316 e. The van der Waals surface area contributed by atoms with Crippen LogP contribution in [0.5, 0.6) is 0 Å². The summed E-state index contributed by atoms with van der Waals surface area (Å²) < 4.78 is 0. The highest BCUT2D eigenvalue weighted by atomic mass is 14.9. The molecule has 1 unspecified atom stereocenters. The van der Waals surface area contributed by atoms with E-state index in [1.54, 1.807) is 11.1 Å². The van der Waals surface area contributed by atoms with Gasteiger partial charge in [-0.05, 0) is 60.7 Å². The van der Waals surface area contributed by atoms with Crippen molar-refractivity contribution in [1.82, 2.24) is 5.32 Å². The Morgan fingerprint density at radius 1 is 1.18 bits per heavy atom. The molecule has 1 aliphatic carbocycles. The van der Waals surface area contributed by atoms with Gasteiger partial charge >= 0.3 is 0 Å². The first-order valence-electron chi connectivity index (χ1n) is 6.99. The largest absolute Gasteiger partial charge is 0.316 e. The van der Waals surface area contributed by atoms with Crippen molar-refractivity contribution in [3.63, 3.8) is 0 Å². The van der Waals surface area contributed by atoms with Crippen LogP contribution in [0, 0.1) is 17.3 Å². The topological polar surface area (TPSA) is 12.0 Å². The molecule has 1 aliphatic heterocycles. The maximum atomic E-state index is 3.59. The van der Waals surface area contributed by atoms with Crippen LogP contribution in [0.3, 0.4) is 0 Å². The summed E-state index contributed by atoms with van der Waals surface area (Å²) in [5, 5.41) is 3.59. The molecule has 3 rings (SSSR count). The van der Waals surface area contributed by atoms with Gasteiger partial charge < -0.3 is 5.32 Å². The molecule has 1 heterocycles. The summed E-state index contributed by atoms with van der Waals surface area (Å²) in [6.07, 6.45) is 3.98. The van der Waals surface area contributed by atoms with E-state index < -0.39 is 0 Å². The summed E-state index contributed by atoms with van der Waals surface area (Å²) in [4.78, 5) is 0. The fourth-order valence-corrected chi connectivity index (χ4v) is 4.10. The molecule has 1 fully saturated rings. The Hall–Kier alpha value is -0.820. The van der Waals surface area contributed by atoms with Crippen LogP contribution in [0.2, 0.25) is 0 Å². The van der Waals surface area contributed by atoms with Crippen molar-refractivity contribution >= 4 is 0 Å². The van der Waals surface area contributed by atoms with Gasteiger partial charge in [0.05, 0.1) is 0 Å². The van der Waals surface area contributed by atoms with E-state index in [0.717, 1.165) is 11.8 Å². The Morgan fingerprint density at radius 2 is 1.82 bits per heavy atom. The highest BCUT2D eigenvalue weighted by Gasteiger charge is 2.45. The molecule has 0 radical (unpaired) electrons. The summed E-state index contributed by atoms with van der Waals surface area (Å²) in [5.41, 5.74) is 3.78. The molecule has 1 nitrogen and oxygen atoms in total. The molecule has 0 amide bonds. The van der Waals surface area contributed by atoms with Crippen LogP contribution in [0.1, 0.15) is 31.4 Å². The van der Waals surface area contributed by atoms with E-state index in [2.05, 4.69) is 43.4 Å². The molecule has 1 aromatic rings. The number of hydrogen-bond acceptors (Lipinski definition) is 1. The standard InChI is InChI=1S/C16H23N/c1-12(2)15-11-17-8-7-16(15)9-13-5-3-4-6-14(13)10-16/h3-6,12,15,17H,7-11H2,1-2H3. The zero-order valence-corrected chi connectivity index (χ0v) is 11.0. The molecule has 17 heavy (non-hydrogen) atoms. The van der Waals surface area contributed by atoms with Gasteiger partial charge in [0.25, 0.3) is 0 Å². The van der Waals surface area contributed by atoms with E-state index in [9.17, 15) is 0 Å². The molecule has 92 valence electrons. The van der Waals surface area contributed by atoms with Gasteiger partial charge in [-0.1, -0.05) is 38.1 Å². The molecular weight excluding hydrogens is 206 g/mol. The predicted molar refractivity (Wildman–Crippen MR) is 72.1 cm³/mol. The van der Waals surface area contributed by atoms with Gasteiger partial charge in [-0.2, -0.15) is 0 Å². The van der Waals surface area contributed by atoms with Crippen LogP contribution in [-0.4, -0.2) is 13.1 Å². The Balaban J connectivity index is 1.92. The Morgan fingerprint density at radius 3 is 2.41 bits per heavy atom. The first-order valence-corrected chi connectivity index (χ1v) is 6.99. The van der Waals surface area contributed by atoms with E-state index in [0.29, 0.717) is 5.41 Å². The van der Waals surface area contributed by atoms with Crippen molar-refractivity contribution in [2.75, 3.05) is 13.1 Å². The minimum atomic E-state index is 0.559. The first-order chi connectivity index (χ1) is 8.21. The lowest BCUT2D eigenvalue weighted by molar-refractivity contribution is 0.0812. The predicted octanol–water partition coefficient (Wildman–Crippen LogP) is 3.04. The van der Waals surface area contributed by atoms with E-state index in [4.69, 9.17) is 0 Å². The summed E-state index contributed by atoms with van der Waals surface area (Å²) in [5.74, 6) is 1.63. The molecule has 1 atom stereocenters. The first kappa shape index (κ1) is 11.3. The summed E-state index contributed by atoms with van der Waals surface area (Å²) in [7, 11) is 0. The van der Waals surface area contributed by atoms with Gasteiger partial charge in [0, 0.05) is 0 Å². The van der Waals surface area contributed by atoms with Gasteiger partial charge in [0.1, 0.15) is 0 Å². The van der Waals surface area contributed by atoms with Crippen molar-refractivity contribution in [3.05, 3.63) is 35.4 Å². The normalized spacial score (nSPS) is 26.4. The number of hydrogen-bond donors (Lipinski definition) is 1. The van der Waals surface area contributed by atoms with Crippen molar-refractivity contribution in [2.45, 2.75) is 33.1 Å². The van der Waals surface area contributed by atoms with E-state index in [1.807, 2.05) is 0 Å². The number of fused-ring (bicyclic) bond motifs is 1. The third-order valence-corrected chi connectivity index (χ3v) is 4.96. The minimum absolute atomic E-state index is 0.559. The second kappa shape index (κ2) is 4.13. The van der Waals surface area contributed by atoms with Gasteiger partial charge in [-0.15, -0.1) is 0 Å². The smallest absolute Gasteiger partial charge is 0.00125 e. The van der Waals surface area contributed by atoms with Crippen molar-refractivity contribution in [3.8, 4) is 0 Å². The lowest BCUT2D eigenvalue weighted by Gasteiger charge is -2.44. The quantitative estimate of drug-likeness (QED) is 0.780. The van der Waals surface area contributed by atoms with Gasteiger partial charge in [-0.25, -0.2) is 0 Å². The van der Waals surface area contributed by atoms with Crippen molar-refractivity contribution < 1.29 is 0 Å². The Kier molecular flexibility index (Phi) is 2.74. The molecular formula is C16H23N. The van der Waals surface area contributed by atoms with Gasteiger partial charge in [0.15, 0.2) is 0 Å². The van der Waals surface area contributed by atoms with E-state index in [1.165, 1.54) is 32.4 Å². The zero-order valence-electron chi connectivity index (χ0n) is 11.0. The van der Waals surface area contributed by atoms with Crippen LogP contribution in [0.15, 0.2) is 24.3 Å². The number of nitrogens with one attached hydrogen (secondary N) is 1. The van der Waals surface area contributed by atoms with Crippen LogP contribution in [0.25, 0.3) is 0 Å². The second-order valence-electron chi connectivity index (χ2n) is 6.29. The third-order valence-electron chi connectivity index (χ3n) is 4.96. The summed E-state index contributed by atoms with van der Waals surface area (Å²) in [6, 6.07) is 9.07. The molecule has 0 saturated carbocycles. The molecule has 1 saturated heterocycles. The number of benzene rings is 1. The fourth-order valence-electron chi connectivity index (χ4n) is 4.10. The lowest BCUT2D eigenvalue weighted by Crippen LogP contribution is -2.48. The van der Waals surface area contributed by atoms with E-state index >= 15 is 0 Å². The fraction of sp³-hybridized carbons (Fsp3) is 0.625. The molecule has 1 spiro atoms. The number of piperidine rings is 1. The Bertz CT molecular complexity index is 383. The monoisotopic (exact) mass is 229 g/mol. The highest BCUT2D eigenvalue weighted by molar-refractivity contribution is 5.35. The van der Waals surface area contributed by atoms with Gasteiger partial charge in [-0.3, -0.25) is 0 Å². The highest BCUT2D eigenvalue weighted by Crippen LogP contribution is 2.48. The van der Waals surface area contributed by atoms with Crippen molar-refractivity contribution in [2.24, 2.45) is 17.3 Å². The number of rotatable bonds is 1. The molecule has 2 aliphatic rings. The third kappa shape index (κ3) is 1.81. The lowest BCUT2D eigenvalue weighted by atomic mass is 9.64. The SMILES string of the molecule is CC(C)C1CNCCC12Cc1ccccc1C2. The molecule has 1 heteroatoms. The average Bonchev–Trinajstić information content (AvgIpc) is 2.67. The average molecular weight is 229 g/mol. The van der Waals surface area contributed by atoms with Crippen molar-refractivity contribution in [1.29, 1.82) is 0 Å². The molecule has 1 N–H and O–H groups in total. The molecule has 1 aromatic carbocycles. The van der Waals surface area contributed by atoms with Crippen LogP contribution in [0.4, 0.5) is 0 Å². The second-order valence-corrected chi connectivity index (χ2v) is 6.29. The van der Waals surface area contributed by atoms with E-state index in [-0.39, 0.29) is 0 Å². The Labute approximate surface area is 105 Å². The summed E-state index contributed by atoms with van der Waals surface area (Å²) >= 11 is 0.